The van der Waals surface area contributed by atoms with Gasteiger partial charge in [-0.15, -0.1) is 0 Å². The standard InChI is InChI=1S/C28H31N3O2/c1-21-6-4-7-22(16-21)19-31-25(17-24-8-2-3-10-27(24)31)20-30-13-11-23(12-14-30)28(32)29-18-26-9-5-15-33-26/h2-10,15-17,23H,11-14,18-20H2,1H3,(H,29,32). The molecule has 1 aliphatic heterocycles. The van der Waals surface area contributed by atoms with Gasteiger partial charge in [0.25, 0.3) is 0 Å². The Morgan fingerprint density at radius 3 is 2.64 bits per heavy atom. The van der Waals surface area contributed by atoms with E-state index in [4.69, 9.17) is 4.42 Å². The summed E-state index contributed by atoms with van der Waals surface area (Å²) in [6.45, 7) is 6.26. The number of likely N-dealkylation sites (tertiary alicyclic amines) is 1. The van der Waals surface area contributed by atoms with Crippen molar-refractivity contribution in [3.8, 4) is 0 Å². The molecular formula is C28H31N3O2. The van der Waals surface area contributed by atoms with Gasteiger partial charge in [0.05, 0.1) is 12.8 Å². The Bertz CT molecular complexity index is 1220. The Morgan fingerprint density at radius 2 is 1.85 bits per heavy atom. The third-order valence-electron chi connectivity index (χ3n) is 6.68. The number of hydrogen-bond acceptors (Lipinski definition) is 3. The predicted octanol–water partition coefficient (Wildman–Crippen LogP) is 5.12. The molecule has 1 saturated heterocycles. The van der Waals surface area contributed by atoms with Crippen molar-refractivity contribution in [1.82, 2.24) is 14.8 Å². The molecule has 5 heteroatoms. The summed E-state index contributed by atoms with van der Waals surface area (Å²) in [6, 6.07) is 23.5. The fourth-order valence-corrected chi connectivity index (χ4v) is 4.89. The van der Waals surface area contributed by atoms with Gasteiger partial charge >= 0.3 is 0 Å². The number of piperidine rings is 1. The lowest BCUT2D eigenvalue weighted by Crippen LogP contribution is -2.40. The van der Waals surface area contributed by atoms with Crippen LogP contribution in [-0.2, 0) is 24.4 Å². The summed E-state index contributed by atoms with van der Waals surface area (Å²) in [7, 11) is 0. The zero-order valence-corrected chi connectivity index (χ0v) is 19.2. The van der Waals surface area contributed by atoms with Crippen molar-refractivity contribution >= 4 is 16.8 Å². The van der Waals surface area contributed by atoms with Gasteiger partial charge < -0.3 is 14.3 Å². The Morgan fingerprint density at radius 1 is 1.00 bits per heavy atom. The highest BCUT2D eigenvalue weighted by Crippen LogP contribution is 2.25. The number of para-hydroxylation sites is 1. The van der Waals surface area contributed by atoms with E-state index in [1.807, 2.05) is 12.1 Å². The molecule has 1 aliphatic rings. The van der Waals surface area contributed by atoms with Crippen LogP contribution < -0.4 is 5.32 Å². The molecule has 0 saturated carbocycles. The van der Waals surface area contributed by atoms with Crippen LogP contribution in [0, 0.1) is 12.8 Å². The lowest BCUT2D eigenvalue weighted by Gasteiger charge is -2.31. The highest BCUT2D eigenvalue weighted by atomic mass is 16.3. The fraction of sp³-hybridized carbons (Fsp3) is 0.321. The Labute approximate surface area is 195 Å². The second-order valence-electron chi connectivity index (χ2n) is 9.12. The molecule has 1 N–H and O–H groups in total. The quantitative estimate of drug-likeness (QED) is 0.433. The Kier molecular flexibility index (Phi) is 6.31. The second-order valence-corrected chi connectivity index (χ2v) is 9.12. The molecule has 0 bridgehead atoms. The first kappa shape index (κ1) is 21.5. The molecule has 33 heavy (non-hydrogen) atoms. The molecule has 1 fully saturated rings. The first-order chi connectivity index (χ1) is 16.2. The van der Waals surface area contributed by atoms with Crippen LogP contribution in [0.5, 0.6) is 0 Å². The molecule has 0 atom stereocenters. The average Bonchev–Trinajstić information content (AvgIpc) is 3.46. The van der Waals surface area contributed by atoms with Crippen molar-refractivity contribution in [2.45, 2.75) is 39.4 Å². The molecule has 4 aromatic rings. The molecule has 0 spiro atoms. The van der Waals surface area contributed by atoms with Crippen molar-refractivity contribution in [2.75, 3.05) is 13.1 Å². The summed E-state index contributed by atoms with van der Waals surface area (Å²) in [6.07, 6.45) is 3.42. The van der Waals surface area contributed by atoms with Crippen LogP contribution in [0.25, 0.3) is 10.9 Å². The number of nitrogens with zero attached hydrogens (tertiary/aromatic N) is 2. The van der Waals surface area contributed by atoms with E-state index < -0.39 is 0 Å². The van der Waals surface area contributed by atoms with Crippen LogP contribution in [0.3, 0.4) is 0 Å². The van der Waals surface area contributed by atoms with Crippen LogP contribution in [0.2, 0.25) is 0 Å². The maximum atomic E-state index is 12.6. The van der Waals surface area contributed by atoms with Crippen LogP contribution in [0.1, 0.15) is 35.4 Å². The van der Waals surface area contributed by atoms with Gasteiger partial charge in [0.2, 0.25) is 5.91 Å². The molecule has 2 aromatic carbocycles. The number of rotatable bonds is 7. The third-order valence-corrected chi connectivity index (χ3v) is 6.68. The summed E-state index contributed by atoms with van der Waals surface area (Å²) in [5, 5.41) is 4.31. The van der Waals surface area contributed by atoms with Crippen LogP contribution in [-0.4, -0.2) is 28.5 Å². The molecule has 0 unspecified atom stereocenters. The van der Waals surface area contributed by atoms with Gasteiger partial charge in [-0.1, -0.05) is 48.0 Å². The molecule has 1 amide bonds. The zero-order valence-electron chi connectivity index (χ0n) is 19.2. The topological polar surface area (TPSA) is 50.4 Å². The largest absolute Gasteiger partial charge is 0.467 e. The minimum atomic E-state index is 0.0781. The predicted molar refractivity (Wildman–Crippen MR) is 131 cm³/mol. The molecule has 0 radical (unpaired) electrons. The van der Waals surface area contributed by atoms with E-state index in [2.05, 4.69) is 76.3 Å². The van der Waals surface area contributed by atoms with E-state index in [1.54, 1.807) is 6.26 Å². The highest BCUT2D eigenvalue weighted by molar-refractivity contribution is 5.81. The molecule has 170 valence electrons. The van der Waals surface area contributed by atoms with Gasteiger partial charge in [0.1, 0.15) is 5.76 Å². The summed E-state index contributed by atoms with van der Waals surface area (Å²) < 4.78 is 7.77. The monoisotopic (exact) mass is 441 g/mol. The number of carbonyl (C=O) groups is 1. The maximum Gasteiger partial charge on any atom is 0.223 e. The number of carbonyl (C=O) groups excluding carboxylic acids is 1. The molecule has 3 heterocycles. The molecule has 0 aliphatic carbocycles. The number of fused-ring (bicyclic) bond motifs is 1. The van der Waals surface area contributed by atoms with Gasteiger partial charge in [0, 0.05) is 30.2 Å². The summed E-state index contributed by atoms with van der Waals surface area (Å²) in [5.74, 6) is 1.01. The van der Waals surface area contributed by atoms with E-state index in [-0.39, 0.29) is 11.8 Å². The van der Waals surface area contributed by atoms with E-state index >= 15 is 0 Å². The van der Waals surface area contributed by atoms with Crippen molar-refractivity contribution < 1.29 is 9.21 Å². The van der Waals surface area contributed by atoms with E-state index in [9.17, 15) is 4.79 Å². The van der Waals surface area contributed by atoms with E-state index in [0.717, 1.165) is 44.8 Å². The zero-order chi connectivity index (χ0) is 22.6. The minimum absolute atomic E-state index is 0.0781. The van der Waals surface area contributed by atoms with Crippen molar-refractivity contribution in [3.63, 3.8) is 0 Å². The summed E-state index contributed by atoms with van der Waals surface area (Å²) in [5.41, 5.74) is 5.22. The SMILES string of the molecule is Cc1cccc(Cn2c(CN3CCC(C(=O)NCc4ccco4)CC3)cc3ccccc32)c1. The van der Waals surface area contributed by atoms with Crippen molar-refractivity contribution in [3.05, 3.63) is 95.6 Å². The highest BCUT2D eigenvalue weighted by Gasteiger charge is 2.25. The Hall–Kier alpha value is -3.31. The van der Waals surface area contributed by atoms with Crippen molar-refractivity contribution in [2.24, 2.45) is 5.92 Å². The van der Waals surface area contributed by atoms with E-state index in [0.29, 0.717) is 6.54 Å². The lowest BCUT2D eigenvalue weighted by atomic mass is 9.96. The fourth-order valence-electron chi connectivity index (χ4n) is 4.89. The van der Waals surface area contributed by atoms with E-state index in [1.165, 1.54) is 27.7 Å². The number of furan rings is 1. The smallest absolute Gasteiger partial charge is 0.223 e. The number of hydrogen-bond donors (Lipinski definition) is 1. The first-order valence-electron chi connectivity index (χ1n) is 11.8. The first-order valence-corrected chi connectivity index (χ1v) is 11.8. The van der Waals surface area contributed by atoms with Crippen LogP contribution in [0.4, 0.5) is 0 Å². The maximum absolute atomic E-state index is 12.6. The number of aryl methyl sites for hydroxylation is 1. The van der Waals surface area contributed by atoms with Crippen molar-refractivity contribution in [1.29, 1.82) is 0 Å². The van der Waals surface area contributed by atoms with Gasteiger partial charge in [0.15, 0.2) is 0 Å². The minimum Gasteiger partial charge on any atom is -0.467 e. The second kappa shape index (κ2) is 9.67. The van der Waals surface area contributed by atoms with Gasteiger partial charge in [-0.05, 0) is 68.1 Å². The normalized spacial score (nSPS) is 15.2. The van der Waals surface area contributed by atoms with Gasteiger partial charge in [-0.2, -0.15) is 0 Å². The van der Waals surface area contributed by atoms with Gasteiger partial charge in [-0.25, -0.2) is 0 Å². The van der Waals surface area contributed by atoms with Crippen LogP contribution >= 0.6 is 0 Å². The summed E-state index contributed by atoms with van der Waals surface area (Å²) in [4.78, 5) is 15.1. The Balaban J connectivity index is 1.24. The number of nitrogens with one attached hydrogen (secondary N) is 1. The van der Waals surface area contributed by atoms with Crippen LogP contribution in [0.15, 0.2) is 77.4 Å². The average molecular weight is 442 g/mol. The lowest BCUT2D eigenvalue weighted by molar-refractivity contribution is -0.126. The molecule has 5 rings (SSSR count). The molecule has 5 nitrogen and oxygen atoms in total. The number of aromatic nitrogens is 1. The molecular weight excluding hydrogens is 410 g/mol. The van der Waals surface area contributed by atoms with Gasteiger partial charge in [-0.3, -0.25) is 9.69 Å². The third kappa shape index (κ3) is 5.04. The number of benzene rings is 2. The number of amides is 1. The molecule has 2 aromatic heterocycles. The summed E-state index contributed by atoms with van der Waals surface area (Å²) >= 11 is 0.